The van der Waals surface area contributed by atoms with E-state index < -0.39 is 0 Å². The zero-order valence-electron chi connectivity index (χ0n) is 11.8. The van der Waals surface area contributed by atoms with Crippen molar-refractivity contribution in [3.8, 4) is 0 Å². The number of rotatable bonds is 6. The van der Waals surface area contributed by atoms with Crippen LogP contribution < -0.4 is 0 Å². The van der Waals surface area contributed by atoms with Crippen LogP contribution in [0.1, 0.15) is 24.0 Å². The lowest BCUT2D eigenvalue weighted by molar-refractivity contribution is -0.126. The fourth-order valence-electron chi connectivity index (χ4n) is 2.41. The Balaban J connectivity index is 2.09. The zero-order chi connectivity index (χ0) is 14.4. The first-order valence-electron chi connectivity index (χ1n) is 6.89. The van der Waals surface area contributed by atoms with Gasteiger partial charge < -0.3 is 5.21 Å². The molecule has 1 N–H and O–H groups in total. The molecule has 0 fully saturated rings. The fraction of sp³-hybridized carbons (Fsp3) is 0.222. The van der Waals surface area contributed by atoms with Gasteiger partial charge in [-0.05, 0) is 11.1 Å². The summed E-state index contributed by atoms with van der Waals surface area (Å²) in [4.78, 5) is 0. The summed E-state index contributed by atoms with van der Waals surface area (Å²) in [6.07, 6.45) is 1.81. The maximum absolute atomic E-state index is 10.4. The SMILES string of the molecule is C=C[C@H]([C@H](C)c1ccccc1)N(O)Cc1ccccc1. The molecule has 0 saturated carbocycles. The van der Waals surface area contributed by atoms with Gasteiger partial charge in [0.1, 0.15) is 0 Å². The molecule has 0 amide bonds. The Morgan fingerprint density at radius 1 is 1.05 bits per heavy atom. The third-order valence-electron chi connectivity index (χ3n) is 3.61. The Hall–Kier alpha value is -1.90. The van der Waals surface area contributed by atoms with E-state index in [-0.39, 0.29) is 12.0 Å². The van der Waals surface area contributed by atoms with Crippen LogP contribution in [-0.4, -0.2) is 16.3 Å². The molecule has 0 aromatic heterocycles. The summed E-state index contributed by atoms with van der Waals surface area (Å²) < 4.78 is 0. The molecule has 2 nitrogen and oxygen atoms in total. The first kappa shape index (κ1) is 14.5. The van der Waals surface area contributed by atoms with Gasteiger partial charge in [0, 0.05) is 12.5 Å². The zero-order valence-corrected chi connectivity index (χ0v) is 11.8. The van der Waals surface area contributed by atoms with E-state index in [9.17, 15) is 5.21 Å². The van der Waals surface area contributed by atoms with Crippen molar-refractivity contribution in [3.05, 3.63) is 84.4 Å². The fourth-order valence-corrected chi connectivity index (χ4v) is 2.41. The standard InChI is InChI=1S/C18H21NO/c1-3-18(15(2)17-12-8-5-9-13-17)19(20)14-16-10-6-4-7-11-16/h3-13,15,18,20H,1,14H2,2H3/t15-,18-/m1/s1. The number of hydrogen-bond donors (Lipinski definition) is 1. The number of hydrogen-bond acceptors (Lipinski definition) is 2. The van der Waals surface area contributed by atoms with Crippen LogP contribution in [0.2, 0.25) is 0 Å². The van der Waals surface area contributed by atoms with E-state index in [1.165, 1.54) is 10.6 Å². The van der Waals surface area contributed by atoms with Gasteiger partial charge in [-0.2, -0.15) is 5.06 Å². The van der Waals surface area contributed by atoms with Gasteiger partial charge in [-0.25, -0.2) is 0 Å². The summed E-state index contributed by atoms with van der Waals surface area (Å²) in [7, 11) is 0. The van der Waals surface area contributed by atoms with E-state index in [1.54, 1.807) is 6.08 Å². The Bertz CT molecular complexity index is 524. The summed E-state index contributed by atoms with van der Waals surface area (Å²) in [5.74, 6) is 0.183. The van der Waals surface area contributed by atoms with Crippen molar-refractivity contribution < 1.29 is 5.21 Å². The molecule has 20 heavy (non-hydrogen) atoms. The molecule has 0 saturated heterocycles. The summed E-state index contributed by atoms with van der Waals surface area (Å²) in [6.45, 7) is 6.47. The predicted molar refractivity (Wildman–Crippen MR) is 82.6 cm³/mol. The molecule has 0 heterocycles. The molecular weight excluding hydrogens is 246 g/mol. The molecule has 0 bridgehead atoms. The van der Waals surface area contributed by atoms with Crippen LogP contribution in [-0.2, 0) is 6.54 Å². The predicted octanol–water partition coefficient (Wildman–Crippen LogP) is 4.24. The Morgan fingerprint density at radius 3 is 2.15 bits per heavy atom. The molecule has 0 aliphatic carbocycles. The van der Waals surface area contributed by atoms with Crippen LogP contribution in [0.5, 0.6) is 0 Å². The lowest BCUT2D eigenvalue weighted by Gasteiger charge is -2.29. The van der Waals surface area contributed by atoms with Crippen LogP contribution in [0.3, 0.4) is 0 Å². The van der Waals surface area contributed by atoms with E-state index in [0.29, 0.717) is 6.54 Å². The molecule has 2 heteroatoms. The van der Waals surface area contributed by atoms with Gasteiger partial charge in [0.25, 0.3) is 0 Å². The topological polar surface area (TPSA) is 23.5 Å². The van der Waals surface area contributed by atoms with Crippen LogP contribution in [0.25, 0.3) is 0 Å². The molecule has 104 valence electrons. The molecular formula is C18H21NO. The van der Waals surface area contributed by atoms with Gasteiger partial charge in [-0.15, -0.1) is 6.58 Å². The van der Waals surface area contributed by atoms with Crippen molar-refractivity contribution in [3.63, 3.8) is 0 Å². The normalized spacial score (nSPS) is 13.9. The van der Waals surface area contributed by atoms with Gasteiger partial charge in [-0.1, -0.05) is 73.7 Å². The highest BCUT2D eigenvalue weighted by atomic mass is 16.5. The minimum Gasteiger partial charge on any atom is -0.313 e. The number of hydroxylamine groups is 2. The minimum absolute atomic E-state index is 0.113. The number of benzene rings is 2. The molecule has 0 spiro atoms. The lowest BCUT2D eigenvalue weighted by atomic mass is 9.93. The van der Waals surface area contributed by atoms with Gasteiger partial charge >= 0.3 is 0 Å². The summed E-state index contributed by atoms with van der Waals surface area (Å²) in [5, 5.41) is 11.7. The van der Waals surface area contributed by atoms with Crippen molar-refractivity contribution in [2.75, 3.05) is 0 Å². The van der Waals surface area contributed by atoms with Crippen molar-refractivity contribution >= 4 is 0 Å². The largest absolute Gasteiger partial charge is 0.313 e. The summed E-state index contributed by atoms with van der Waals surface area (Å²) in [5.41, 5.74) is 2.28. The van der Waals surface area contributed by atoms with E-state index >= 15 is 0 Å². The summed E-state index contributed by atoms with van der Waals surface area (Å²) >= 11 is 0. The third kappa shape index (κ3) is 3.56. The maximum Gasteiger partial charge on any atom is 0.0597 e. The first-order valence-corrected chi connectivity index (χ1v) is 6.89. The van der Waals surface area contributed by atoms with Crippen LogP contribution in [0.4, 0.5) is 0 Å². The second-order valence-electron chi connectivity index (χ2n) is 5.01. The lowest BCUT2D eigenvalue weighted by Crippen LogP contribution is -2.34. The van der Waals surface area contributed by atoms with E-state index in [2.05, 4.69) is 25.6 Å². The average Bonchev–Trinajstić information content (AvgIpc) is 2.49. The highest BCUT2D eigenvalue weighted by Crippen LogP contribution is 2.24. The summed E-state index contributed by atoms with van der Waals surface area (Å²) in [6, 6.07) is 20.0. The van der Waals surface area contributed by atoms with Crippen molar-refractivity contribution in [2.24, 2.45) is 0 Å². The molecule has 2 aromatic rings. The molecule has 0 aliphatic heterocycles. The van der Waals surface area contributed by atoms with Gasteiger partial charge in [-0.3, -0.25) is 0 Å². The monoisotopic (exact) mass is 267 g/mol. The molecule has 2 rings (SSSR count). The van der Waals surface area contributed by atoms with Crippen LogP contribution in [0.15, 0.2) is 73.3 Å². The average molecular weight is 267 g/mol. The Kier molecular flexibility index (Phi) is 5.10. The Labute approximate surface area is 120 Å². The van der Waals surface area contributed by atoms with Gasteiger partial charge in [0.05, 0.1) is 6.04 Å². The van der Waals surface area contributed by atoms with Gasteiger partial charge in [0.15, 0.2) is 0 Å². The highest BCUT2D eigenvalue weighted by Gasteiger charge is 2.21. The maximum atomic E-state index is 10.4. The molecule has 0 radical (unpaired) electrons. The second-order valence-corrected chi connectivity index (χ2v) is 5.01. The first-order chi connectivity index (χ1) is 9.72. The minimum atomic E-state index is -0.113. The van der Waals surface area contributed by atoms with Crippen molar-refractivity contribution in [1.29, 1.82) is 0 Å². The third-order valence-corrected chi connectivity index (χ3v) is 3.61. The smallest absolute Gasteiger partial charge is 0.0597 e. The van der Waals surface area contributed by atoms with E-state index in [1.807, 2.05) is 48.5 Å². The molecule has 2 aromatic carbocycles. The highest BCUT2D eigenvalue weighted by molar-refractivity contribution is 5.22. The molecule has 0 unspecified atom stereocenters. The second kappa shape index (κ2) is 7.04. The van der Waals surface area contributed by atoms with Crippen LogP contribution >= 0.6 is 0 Å². The Morgan fingerprint density at radius 2 is 1.60 bits per heavy atom. The van der Waals surface area contributed by atoms with Crippen LogP contribution in [0, 0.1) is 0 Å². The van der Waals surface area contributed by atoms with Gasteiger partial charge in [0.2, 0.25) is 0 Å². The molecule has 2 atom stereocenters. The van der Waals surface area contributed by atoms with E-state index in [0.717, 1.165) is 5.56 Å². The van der Waals surface area contributed by atoms with E-state index in [4.69, 9.17) is 0 Å². The molecule has 0 aliphatic rings. The quantitative estimate of drug-likeness (QED) is 0.625. The van der Waals surface area contributed by atoms with Crippen molar-refractivity contribution in [2.45, 2.75) is 25.4 Å². The number of nitrogens with zero attached hydrogens (tertiary/aromatic N) is 1. The van der Waals surface area contributed by atoms with Crippen molar-refractivity contribution in [1.82, 2.24) is 5.06 Å².